The van der Waals surface area contributed by atoms with Gasteiger partial charge in [-0.2, -0.15) is 0 Å². The van der Waals surface area contributed by atoms with Crippen molar-refractivity contribution in [2.45, 2.75) is 56.2 Å². The molecule has 0 unspecified atom stereocenters. The summed E-state index contributed by atoms with van der Waals surface area (Å²) in [4.78, 5) is 23.4. The number of piperazine rings is 1. The van der Waals surface area contributed by atoms with Crippen LogP contribution in [0.4, 0.5) is 0 Å². The number of ether oxygens (including phenoxy) is 1. The van der Waals surface area contributed by atoms with E-state index < -0.39 is 0 Å². The second-order valence-electron chi connectivity index (χ2n) is 14.5. The highest BCUT2D eigenvalue weighted by Crippen LogP contribution is 2.46. The molecule has 0 bridgehead atoms. The van der Waals surface area contributed by atoms with E-state index in [0.717, 1.165) is 119 Å². The standard InChI is InChI=1S/C25H29I2NO3.C22H25ClN2OS/c1-4-7-11-22-23(18-10-8-9-12-21(18)31-22)24(29)17-15-19(26)25(20(27)16-17)30-14-13-28(5-2)6-3;23-17-7-8-22-20(16-17)18(19-4-1-2-6-21(19)27-22)5-3-9-24-10-12-25(13-11-24)14-15-26/h8-10,12,15-16H,4-7,11,13-14H2,1-3H3;1-2,4-8,16,26H,3,9-15H2/b;18-5-. The first kappa shape index (κ1) is 45.1. The minimum Gasteiger partial charge on any atom is -0.490 e. The van der Waals surface area contributed by atoms with E-state index in [-0.39, 0.29) is 12.4 Å². The molecular weight excluding hydrogens is 992 g/mol. The summed E-state index contributed by atoms with van der Waals surface area (Å²) in [5.74, 6) is 1.66. The molecule has 0 radical (unpaired) electrons. The van der Waals surface area contributed by atoms with Gasteiger partial charge in [0.25, 0.3) is 0 Å². The van der Waals surface area contributed by atoms with Crippen molar-refractivity contribution in [3.63, 3.8) is 0 Å². The van der Waals surface area contributed by atoms with Crippen LogP contribution in [0.2, 0.25) is 5.02 Å². The van der Waals surface area contributed by atoms with Crippen LogP contribution in [-0.2, 0) is 6.42 Å². The molecule has 1 N–H and O–H groups in total. The molecule has 1 fully saturated rings. The SMILES string of the molecule is CCCCc1oc2ccccc2c1C(=O)c1cc(I)c(OCCN(CC)CC)c(I)c1.OCCN1CCN(CC/C=C2/c3ccccc3Sc3ccc(Cl)cc32)CC1. The van der Waals surface area contributed by atoms with E-state index in [2.05, 4.69) is 123 Å². The second kappa shape index (κ2) is 22.4. The lowest BCUT2D eigenvalue weighted by molar-refractivity contribution is 0.103. The summed E-state index contributed by atoms with van der Waals surface area (Å²) >= 11 is 12.7. The Balaban J connectivity index is 0.000000197. The smallest absolute Gasteiger partial charge is 0.197 e. The highest BCUT2D eigenvalue weighted by atomic mass is 127. The summed E-state index contributed by atoms with van der Waals surface area (Å²) in [6, 6.07) is 26.5. The Bertz CT molecular complexity index is 2160. The topological polar surface area (TPSA) is 69.4 Å². The Labute approximate surface area is 380 Å². The summed E-state index contributed by atoms with van der Waals surface area (Å²) in [7, 11) is 0. The molecule has 2 aliphatic rings. The number of halogens is 3. The fourth-order valence-electron chi connectivity index (χ4n) is 7.48. The maximum Gasteiger partial charge on any atom is 0.197 e. The molecule has 0 spiro atoms. The van der Waals surface area contributed by atoms with Crippen molar-refractivity contribution < 1.29 is 19.1 Å². The van der Waals surface area contributed by atoms with Crippen LogP contribution < -0.4 is 4.74 Å². The first-order valence-electron chi connectivity index (χ1n) is 20.5. The number of aliphatic hydroxyl groups is 1. The quantitative estimate of drug-likeness (QED) is 0.0760. The predicted molar refractivity (Wildman–Crippen MR) is 257 cm³/mol. The van der Waals surface area contributed by atoms with E-state index in [1.165, 1.54) is 26.5 Å². The van der Waals surface area contributed by atoms with Crippen molar-refractivity contribution in [3.05, 3.63) is 125 Å². The fraction of sp³-hybridized carbons (Fsp3) is 0.383. The van der Waals surface area contributed by atoms with Gasteiger partial charge in [0.05, 0.1) is 19.3 Å². The highest BCUT2D eigenvalue weighted by Gasteiger charge is 2.24. The summed E-state index contributed by atoms with van der Waals surface area (Å²) in [6.45, 7) is 16.4. The van der Waals surface area contributed by atoms with Crippen LogP contribution in [0, 0.1) is 7.14 Å². The number of nitrogens with zero attached hydrogens (tertiary/aromatic N) is 3. The molecule has 11 heteroatoms. The highest BCUT2D eigenvalue weighted by molar-refractivity contribution is 14.1. The Morgan fingerprint density at radius 2 is 1.57 bits per heavy atom. The lowest BCUT2D eigenvalue weighted by Crippen LogP contribution is -2.47. The molecule has 0 amide bonds. The van der Waals surface area contributed by atoms with Gasteiger partial charge in [-0.15, -0.1) is 0 Å². The molecule has 1 aromatic heterocycles. The van der Waals surface area contributed by atoms with Gasteiger partial charge in [0, 0.05) is 78.0 Å². The van der Waals surface area contributed by atoms with Crippen molar-refractivity contribution in [1.29, 1.82) is 0 Å². The Kier molecular flexibility index (Phi) is 17.4. The zero-order valence-corrected chi connectivity index (χ0v) is 39.6. The van der Waals surface area contributed by atoms with Gasteiger partial charge in [0.2, 0.25) is 0 Å². The number of carbonyl (C=O) groups excluding carboxylic acids is 1. The average molecular weight is 1050 g/mol. The Hall–Kier alpha value is -2.43. The molecule has 5 aromatic rings. The number of ketones is 1. The number of β-amino-alcohol motifs (C(OH)–C–C–N with tert-alkyl or cyclic N) is 1. The van der Waals surface area contributed by atoms with Crippen LogP contribution >= 0.6 is 68.5 Å². The number of benzene rings is 4. The fourth-order valence-corrected chi connectivity index (χ4v) is 10.8. The first-order chi connectivity index (χ1) is 28.2. The number of hydrogen-bond acceptors (Lipinski definition) is 8. The molecule has 1 saturated heterocycles. The van der Waals surface area contributed by atoms with Gasteiger partial charge in [-0.05, 0) is 130 Å². The van der Waals surface area contributed by atoms with Gasteiger partial charge in [-0.1, -0.05) is 93.0 Å². The van der Waals surface area contributed by atoms with Crippen molar-refractivity contribution in [2.24, 2.45) is 0 Å². The third-order valence-electron chi connectivity index (χ3n) is 10.8. The molecule has 0 saturated carbocycles. The number of carbonyl (C=O) groups is 1. The zero-order chi connectivity index (χ0) is 41.0. The lowest BCUT2D eigenvalue weighted by Gasteiger charge is -2.34. The summed E-state index contributed by atoms with van der Waals surface area (Å²) in [5.41, 5.74) is 6.02. The van der Waals surface area contributed by atoms with Gasteiger partial charge in [0.1, 0.15) is 23.7 Å². The van der Waals surface area contributed by atoms with E-state index >= 15 is 0 Å². The monoisotopic (exact) mass is 1050 g/mol. The third kappa shape index (κ3) is 11.5. The van der Waals surface area contributed by atoms with Crippen LogP contribution in [0.5, 0.6) is 5.75 Å². The van der Waals surface area contributed by atoms with Crippen LogP contribution in [-0.4, -0.2) is 97.7 Å². The number of unbranched alkanes of at least 4 members (excludes halogenated alkanes) is 1. The largest absolute Gasteiger partial charge is 0.490 e. The molecule has 0 aliphatic carbocycles. The molecule has 7 nitrogen and oxygen atoms in total. The third-order valence-corrected chi connectivity index (χ3v) is 13.8. The number of aliphatic hydroxyl groups excluding tert-OH is 1. The predicted octanol–water partition coefficient (Wildman–Crippen LogP) is 11.2. The lowest BCUT2D eigenvalue weighted by atomic mass is 9.96. The summed E-state index contributed by atoms with van der Waals surface area (Å²) in [6.07, 6.45) is 6.23. The van der Waals surface area contributed by atoms with E-state index in [0.29, 0.717) is 17.7 Å². The molecule has 3 heterocycles. The number of fused-ring (bicyclic) bond motifs is 3. The Morgan fingerprint density at radius 3 is 2.28 bits per heavy atom. The molecule has 308 valence electrons. The maximum atomic E-state index is 13.6. The number of furan rings is 1. The average Bonchev–Trinajstić information content (AvgIpc) is 3.61. The number of para-hydroxylation sites is 1. The molecule has 0 atom stereocenters. The Morgan fingerprint density at radius 1 is 0.897 bits per heavy atom. The first-order valence-corrected chi connectivity index (χ1v) is 23.8. The van der Waals surface area contributed by atoms with Gasteiger partial charge in [-0.25, -0.2) is 0 Å². The van der Waals surface area contributed by atoms with Crippen molar-refractivity contribution in [1.82, 2.24) is 14.7 Å². The number of hydrogen-bond donors (Lipinski definition) is 1. The molecule has 7 rings (SSSR count). The van der Waals surface area contributed by atoms with E-state index in [9.17, 15) is 4.79 Å². The van der Waals surface area contributed by atoms with Gasteiger partial charge >= 0.3 is 0 Å². The van der Waals surface area contributed by atoms with Crippen molar-refractivity contribution in [3.8, 4) is 5.75 Å². The van der Waals surface area contributed by atoms with Crippen molar-refractivity contribution >= 4 is 90.9 Å². The zero-order valence-electron chi connectivity index (χ0n) is 33.7. The summed E-state index contributed by atoms with van der Waals surface area (Å²) in [5, 5.41) is 10.8. The molecule has 2 aliphatic heterocycles. The normalized spacial score (nSPS) is 15.0. The molecule has 4 aromatic carbocycles. The van der Waals surface area contributed by atoms with E-state index in [1.54, 1.807) is 0 Å². The minimum absolute atomic E-state index is 0.0153. The number of likely N-dealkylation sites (N-methyl/N-ethyl adjacent to an activating group) is 1. The van der Waals surface area contributed by atoms with Crippen LogP contribution in [0.15, 0.2) is 99.1 Å². The maximum absolute atomic E-state index is 13.6. The number of rotatable bonds is 16. The van der Waals surface area contributed by atoms with Crippen LogP contribution in [0.1, 0.15) is 72.8 Å². The van der Waals surface area contributed by atoms with Gasteiger partial charge < -0.3 is 24.1 Å². The van der Waals surface area contributed by atoms with Crippen LogP contribution in [0.25, 0.3) is 16.5 Å². The van der Waals surface area contributed by atoms with Gasteiger partial charge in [0.15, 0.2) is 5.78 Å². The van der Waals surface area contributed by atoms with Crippen molar-refractivity contribution in [2.75, 3.05) is 72.1 Å². The number of aryl methyl sites for hydroxylation is 1. The van der Waals surface area contributed by atoms with E-state index in [4.69, 9.17) is 25.9 Å². The van der Waals surface area contributed by atoms with E-state index in [1.807, 2.05) is 54.2 Å². The second-order valence-corrected chi connectivity index (χ2v) is 18.4. The summed E-state index contributed by atoms with van der Waals surface area (Å²) < 4.78 is 14.1. The van der Waals surface area contributed by atoms with Crippen LogP contribution in [0.3, 0.4) is 0 Å². The van der Waals surface area contributed by atoms with Gasteiger partial charge in [-0.3, -0.25) is 9.69 Å². The molecule has 58 heavy (non-hydrogen) atoms. The minimum atomic E-state index is 0.0153. The molecular formula is C47H54ClI2N3O4S.